The first-order valence-electron chi connectivity index (χ1n) is 10.8. The van der Waals surface area contributed by atoms with Gasteiger partial charge in [-0.15, -0.1) is 0 Å². The van der Waals surface area contributed by atoms with Crippen molar-refractivity contribution in [2.24, 2.45) is 5.92 Å². The first-order valence-corrected chi connectivity index (χ1v) is 12.2. The SMILES string of the molecule is CC(C)[C@](C)(C#N)NC(=O)COC(=O)/C=C/c1ccc(S(=O)(=O)N2CCCCCC2)cc1. The molecule has 0 radical (unpaired) electrons. The van der Waals surface area contributed by atoms with E-state index in [1.165, 1.54) is 22.5 Å². The Kier molecular flexibility index (Phi) is 8.99. The van der Waals surface area contributed by atoms with Crippen LogP contribution < -0.4 is 5.32 Å². The molecule has 1 atom stereocenters. The topological polar surface area (TPSA) is 117 Å². The Balaban J connectivity index is 1.91. The molecule has 0 bridgehead atoms. The zero-order valence-electron chi connectivity index (χ0n) is 18.8. The molecule has 0 saturated carbocycles. The van der Waals surface area contributed by atoms with Gasteiger partial charge in [0.05, 0.1) is 11.0 Å². The Bertz CT molecular complexity index is 972. The lowest BCUT2D eigenvalue weighted by molar-refractivity contribution is -0.144. The zero-order chi connectivity index (χ0) is 23.8. The van der Waals surface area contributed by atoms with Gasteiger partial charge in [-0.1, -0.05) is 38.8 Å². The van der Waals surface area contributed by atoms with Gasteiger partial charge in [-0.05, 0) is 49.5 Å². The predicted molar refractivity (Wildman–Crippen MR) is 121 cm³/mol. The molecule has 0 spiro atoms. The van der Waals surface area contributed by atoms with Crippen molar-refractivity contribution in [2.45, 2.75) is 56.9 Å². The van der Waals surface area contributed by atoms with Crippen molar-refractivity contribution < 1.29 is 22.7 Å². The molecule has 1 aliphatic heterocycles. The molecule has 9 heteroatoms. The molecule has 1 aliphatic rings. The van der Waals surface area contributed by atoms with Crippen LogP contribution in [0.4, 0.5) is 0 Å². The molecule has 8 nitrogen and oxygen atoms in total. The lowest BCUT2D eigenvalue weighted by Gasteiger charge is -2.27. The Morgan fingerprint density at radius 3 is 2.31 bits per heavy atom. The minimum Gasteiger partial charge on any atom is -0.452 e. The molecule has 0 unspecified atom stereocenters. The number of nitrogens with zero attached hydrogens (tertiary/aromatic N) is 2. The normalized spacial score (nSPS) is 17.3. The molecule has 1 aromatic rings. The van der Waals surface area contributed by atoms with Gasteiger partial charge in [-0.2, -0.15) is 9.57 Å². The summed E-state index contributed by atoms with van der Waals surface area (Å²) in [4.78, 5) is 24.1. The van der Waals surface area contributed by atoms with E-state index in [9.17, 15) is 23.3 Å². The fraction of sp³-hybridized carbons (Fsp3) is 0.522. The van der Waals surface area contributed by atoms with Crippen LogP contribution in [0.2, 0.25) is 0 Å². The molecule has 1 fully saturated rings. The highest BCUT2D eigenvalue weighted by molar-refractivity contribution is 7.89. The molecule has 0 aliphatic carbocycles. The molecule has 1 saturated heterocycles. The van der Waals surface area contributed by atoms with Gasteiger partial charge >= 0.3 is 5.97 Å². The quantitative estimate of drug-likeness (QED) is 0.470. The average Bonchev–Trinajstić information content (AvgIpc) is 3.06. The van der Waals surface area contributed by atoms with Gasteiger partial charge in [0.1, 0.15) is 5.54 Å². The van der Waals surface area contributed by atoms with Crippen LogP contribution >= 0.6 is 0 Å². The number of rotatable bonds is 8. The van der Waals surface area contributed by atoms with Crippen LogP contribution in [0, 0.1) is 17.2 Å². The fourth-order valence-corrected chi connectivity index (χ4v) is 4.68. The van der Waals surface area contributed by atoms with Gasteiger partial charge in [0.25, 0.3) is 5.91 Å². The number of hydrogen-bond acceptors (Lipinski definition) is 6. The van der Waals surface area contributed by atoms with E-state index in [2.05, 4.69) is 5.32 Å². The lowest BCUT2D eigenvalue weighted by Crippen LogP contribution is -2.50. The van der Waals surface area contributed by atoms with Crippen molar-refractivity contribution in [3.05, 3.63) is 35.9 Å². The summed E-state index contributed by atoms with van der Waals surface area (Å²) in [6.07, 6.45) is 6.47. The van der Waals surface area contributed by atoms with Crippen molar-refractivity contribution in [1.29, 1.82) is 5.26 Å². The Labute approximate surface area is 190 Å². The van der Waals surface area contributed by atoms with Crippen molar-refractivity contribution in [2.75, 3.05) is 19.7 Å². The van der Waals surface area contributed by atoms with Crippen LogP contribution in [0.1, 0.15) is 52.0 Å². The highest BCUT2D eigenvalue weighted by Crippen LogP contribution is 2.21. The molecule has 1 heterocycles. The lowest BCUT2D eigenvalue weighted by atomic mass is 9.90. The molecular formula is C23H31N3O5S. The standard InChI is InChI=1S/C23H31N3O5S/c1-18(2)23(3,17-24)25-21(27)16-31-22(28)13-10-19-8-11-20(12-9-19)32(29,30)26-14-6-4-5-7-15-26/h8-13,18H,4-7,14-16H2,1-3H3,(H,25,27)/b13-10+/t23-/m0/s1. The van der Waals surface area contributed by atoms with Gasteiger partial charge in [-0.25, -0.2) is 13.2 Å². The molecular weight excluding hydrogens is 430 g/mol. The molecule has 1 amide bonds. The van der Waals surface area contributed by atoms with E-state index in [0.29, 0.717) is 18.7 Å². The van der Waals surface area contributed by atoms with E-state index in [1.807, 2.05) is 19.9 Å². The van der Waals surface area contributed by atoms with Crippen LogP contribution in [0.25, 0.3) is 6.08 Å². The third-order valence-corrected chi connectivity index (χ3v) is 7.54. The second kappa shape index (κ2) is 11.2. The van der Waals surface area contributed by atoms with Crippen molar-refractivity contribution in [3.63, 3.8) is 0 Å². The molecule has 1 N–H and O–H groups in total. The van der Waals surface area contributed by atoms with Crippen LogP contribution in [-0.2, 0) is 24.3 Å². The summed E-state index contributed by atoms with van der Waals surface area (Å²) < 4.78 is 32.1. The molecule has 2 rings (SSSR count). The van der Waals surface area contributed by atoms with E-state index in [-0.39, 0.29) is 10.8 Å². The Hall–Kier alpha value is -2.70. The van der Waals surface area contributed by atoms with Crippen molar-refractivity contribution in [1.82, 2.24) is 9.62 Å². The summed E-state index contributed by atoms with van der Waals surface area (Å²) in [5.41, 5.74) is -0.424. The van der Waals surface area contributed by atoms with Gasteiger partial charge in [0.2, 0.25) is 10.0 Å². The van der Waals surface area contributed by atoms with Gasteiger partial charge in [-0.3, -0.25) is 4.79 Å². The van der Waals surface area contributed by atoms with Crippen LogP contribution in [0.15, 0.2) is 35.2 Å². The minimum absolute atomic E-state index is 0.113. The monoisotopic (exact) mass is 461 g/mol. The number of nitrogens with one attached hydrogen (secondary N) is 1. The number of ether oxygens (including phenoxy) is 1. The zero-order valence-corrected chi connectivity index (χ0v) is 19.7. The van der Waals surface area contributed by atoms with Gasteiger partial charge in [0, 0.05) is 19.2 Å². The number of carbonyl (C=O) groups is 2. The number of amides is 1. The highest BCUT2D eigenvalue weighted by atomic mass is 32.2. The smallest absolute Gasteiger partial charge is 0.331 e. The van der Waals surface area contributed by atoms with Crippen LogP contribution in [0.5, 0.6) is 0 Å². The summed E-state index contributed by atoms with van der Waals surface area (Å²) in [5.74, 6) is -1.39. The number of benzene rings is 1. The predicted octanol–water partition coefficient (Wildman–Crippen LogP) is 2.86. The maximum atomic E-state index is 12.8. The number of carbonyl (C=O) groups excluding carboxylic acids is 2. The second-order valence-electron chi connectivity index (χ2n) is 8.35. The summed E-state index contributed by atoms with van der Waals surface area (Å²) in [6.45, 7) is 5.79. The first-order chi connectivity index (χ1) is 15.1. The van der Waals surface area contributed by atoms with Gasteiger partial charge < -0.3 is 10.1 Å². The number of sulfonamides is 1. The molecule has 174 valence electrons. The summed E-state index contributed by atoms with van der Waals surface area (Å²) in [7, 11) is -3.52. The minimum atomic E-state index is -3.52. The number of esters is 1. The summed E-state index contributed by atoms with van der Waals surface area (Å²) in [6, 6.07) is 8.32. The molecule has 0 aromatic heterocycles. The van der Waals surface area contributed by atoms with Crippen molar-refractivity contribution >= 4 is 28.0 Å². The first kappa shape index (κ1) is 25.6. The van der Waals surface area contributed by atoms with Crippen LogP contribution in [0.3, 0.4) is 0 Å². The van der Waals surface area contributed by atoms with Gasteiger partial charge in [0.15, 0.2) is 6.61 Å². The summed E-state index contributed by atoms with van der Waals surface area (Å²) >= 11 is 0. The molecule has 32 heavy (non-hydrogen) atoms. The molecule has 1 aromatic carbocycles. The van der Waals surface area contributed by atoms with E-state index in [1.54, 1.807) is 19.1 Å². The van der Waals surface area contributed by atoms with E-state index < -0.39 is 34.0 Å². The third kappa shape index (κ3) is 6.90. The summed E-state index contributed by atoms with van der Waals surface area (Å²) in [5, 5.41) is 11.8. The number of nitriles is 1. The van der Waals surface area contributed by atoms with E-state index in [0.717, 1.165) is 31.8 Å². The van der Waals surface area contributed by atoms with Crippen molar-refractivity contribution in [3.8, 4) is 6.07 Å². The maximum Gasteiger partial charge on any atom is 0.331 e. The van der Waals surface area contributed by atoms with E-state index in [4.69, 9.17) is 4.74 Å². The number of hydrogen-bond donors (Lipinski definition) is 1. The fourth-order valence-electron chi connectivity index (χ4n) is 3.16. The Morgan fingerprint density at radius 2 is 1.78 bits per heavy atom. The maximum absolute atomic E-state index is 12.8. The van der Waals surface area contributed by atoms with Crippen LogP contribution in [-0.4, -0.2) is 49.8 Å². The average molecular weight is 462 g/mol. The van der Waals surface area contributed by atoms with E-state index >= 15 is 0 Å². The second-order valence-corrected chi connectivity index (χ2v) is 10.3. The highest BCUT2D eigenvalue weighted by Gasteiger charge is 2.30. The Morgan fingerprint density at radius 1 is 1.19 bits per heavy atom. The third-order valence-electron chi connectivity index (χ3n) is 5.63. The largest absolute Gasteiger partial charge is 0.452 e.